The number of rotatable bonds is 3. The van der Waals surface area contributed by atoms with Gasteiger partial charge < -0.3 is 15.0 Å². The Labute approximate surface area is 121 Å². The molecule has 0 spiro atoms. The minimum atomic E-state index is 0.0136. The maximum atomic E-state index is 12.1. The molecule has 1 saturated heterocycles. The van der Waals surface area contributed by atoms with Gasteiger partial charge in [0, 0.05) is 19.6 Å². The molecular formula is C16H24N2O2. The van der Waals surface area contributed by atoms with Crippen LogP contribution in [0.4, 0.5) is 4.79 Å². The van der Waals surface area contributed by atoms with Crippen LogP contribution in [0.2, 0.25) is 0 Å². The fourth-order valence-corrected chi connectivity index (χ4v) is 2.64. The third kappa shape index (κ3) is 4.23. The maximum absolute atomic E-state index is 12.1. The predicted molar refractivity (Wildman–Crippen MR) is 79.9 cm³/mol. The second kappa shape index (κ2) is 6.75. The van der Waals surface area contributed by atoms with E-state index < -0.39 is 0 Å². The van der Waals surface area contributed by atoms with E-state index in [0.29, 0.717) is 19.6 Å². The summed E-state index contributed by atoms with van der Waals surface area (Å²) in [5, 5.41) is 2.99. The van der Waals surface area contributed by atoms with E-state index in [0.717, 1.165) is 6.42 Å². The van der Waals surface area contributed by atoms with Crippen molar-refractivity contribution in [2.24, 2.45) is 0 Å². The summed E-state index contributed by atoms with van der Waals surface area (Å²) < 4.78 is 5.63. The topological polar surface area (TPSA) is 41.6 Å². The Hall–Kier alpha value is -1.55. The lowest BCUT2D eigenvalue weighted by atomic mass is 10.1. The van der Waals surface area contributed by atoms with Crippen LogP contribution < -0.4 is 5.32 Å². The number of nitrogens with zero attached hydrogens (tertiary/aromatic N) is 1. The molecule has 4 nitrogen and oxygen atoms in total. The summed E-state index contributed by atoms with van der Waals surface area (Å²) in [5.74, 6) is 0. The smallest absolute Gasteiger partial charge is 0.317 e. The third-order valence-corrected chi connectivity index (χ3v) is 3.48. The number of hydrogen-bond acceptors (Lipinski definition) is 2. The number of carbonyl (C=O) groups excluding carboxylic acids is 1. The number of amides is 2. The zero-order chi connectivity index (χ0) is 14.5. The van der Waals surface area contributed by atoms with E-state index in [4.69, 9.17) is 4.74 Å². The van der Waals surface area contributed by atoms with Gasteiger partial charge in [-0.25, -0.2) is 4.79 Å². The minimum absolute atomic E-state index is 0.0136. The van der Waals surface area contributed by atoms with E-state index in [1.54, 1.807) is 0 Å². The van der Waals surface area contributed by atoms with E-state index in [9.17, 15) is 4.79 Å². The van der Waals surface area contributed by atoms with Crippen molar-refractivity contribution in [1.82, 2.24) is 10.2 Å². The van der Waals surface area contributed by atoms with Gasteiger partial charge in [0.1, 0.15) is 0 Å². The average molecular weight is 276 g/mol. The molecule has 1 aliphatic heterocycles. The van der Waals surface area contributed by atoms with Gasteiger partial charge in [0.05, 0.1) is 12.2 Å². The van der Waals surface area contributed by atoms with Gasteiger partial charge in [-0.1, -0.05) is 29.8 Å². The summed E-state index contributed by atoms with van der Waals surface area (Å²) in [6, 6.07) is 8.40. The number of ether oxygens (including phenoxy) is 1. The van der Waals surface area contributed by atoms with Gasteiger partial charge in [0.2, 0.25) is 0 Å². The fraction of sp³-hybridized carbons (Fsp3) is 0.562. The van der Waals surface area contributed by atoms with Gasteiger partial charge in [-0.05, 0) is 32.8 Å². The van der Waals surface area contributed by atoms with Crippen LogP contribution in [0.5, 0.6) is 0 Å². The first-order valence-corrected chi connectivity index (χ1v) is 7.28. The molecule has 20 heavy (non-hydrogen) atoms. The molecule has 2 rings (SSSR count). The van der Waals surface area contributed by atoms with E-state index in [-0.39, 0.29) is 18.2 Å². The summed E-state index contributed by atoms with van der Waals surface area (Å²) in [7, 11) is 0. The average Bonchev–Trinajstić information content (AvgIpc) is 2.37. The molecule has 1 N–H and O–H groups in total. The number of aryl methyl sites for hydroxylation is 1. The van der Waals surface area contributed by atoms with Crippen LogP contribution in [0, 0.1) is 6.92 Å². The highest BCUT2D eigenvalue weighted by Crippen LogP contribution is 2.10. The molecular weight excluding hydrogens is 252 g/mol. The molecule has 2 unspecified atom stereocenters. The van der Waals surface area contributed by atoms with Crippen molar-refractivity contribution in [2.45, 2.75) is 39.4 Å². The van der Waals surface area contributed by atoms with Crippen molar-refractivity contribution in [3.8, 4) is 0 Å². The normalized spacial score (nSPS) is 22.6. The van der Waals surface area contributed by atoms with Crippen LogP contribution >= 0.6 is 0 Å². The van der Waals surface area contributed by atoms with Crippen LogP contribution in [-0.2, 0) is 11.2 Å². The van der Waals surface area contributed by atoms with Crippen LogP contribution in [0.1, 0.15) is 25.0 Å². The molecule has 1 fully saturated rings. The van der Waals surface area contributed by atoms with Crippen LogP contribution in [-0.4, -0.2) is 42.8 Å². The number of hydrogen-bond donors (Lipinski definition) is 1. The van der Waals surface area contributed by atoms with Gasteiger partial charge in [-0.15, -0.1) is 0 Å². The van der Waals surface area contributed by atoms with Crippen molar-refractivity contribution in [2.75, 3.05) is 19.6 Å². The standard InChI is InChI=1S/C16H24N2O2/c1-12-5-4-6-15(9-12)7-8-17-16(19)18-10-13(2)20-14(3)11-18/h4-6,9,13-14H,7-8,10-11H2,1-3H3,(H,17,19). The van der Waals surface area contributed by atoms with Gasteiger partial charge in [0.15, 0.2) is 0 Å². The molecule has 0 bridgehead atoms. The van der Waals surface area contributed by atoms with Gasteiger partial charge in [0.25, 0.3) is 0 Å². The second-order valence-electron chi connectivity index (χ2n) is 5.63. The molecule has 1 aromatic rings. The zero-order valence-electron chi connectivity index (χ0n) is 12.6. The van der Waals surface area contributed by atoms with Gasteiger partial charge >= 0.3 is 6.03 Å². The Morgan fingerprint density at radius 3 is 2.70 bits per heavy atom. The highest BCUT2D eigenvalue weighted by atomic mass is 16.5. The molecule has 4 heteroatoms. The maximum Gasteiger partial charge on any atom is 0.317 e. The summed E-state index contributed by atoms with van der Waals surface area (Å²) in [6.07, 6.45) is 1.09. The molecule has 1 heterocycles. The first-order valence-electron chi connectivity index (χ1n) is 7.28. The minimum Gasteiger partial charge on any atom is -0.372 e. The summed E-state index contributed by atoms with van der Waals surface area (Å²) in [4.78, 5) is 13.9. The van der Waals surface area contributed by atoms with Crippen molar-refractivity contribution < 1.29 is 9.53 Å². The Kier molecular flexibility index (Phi) is 5.01. The van der Waals surface area contributed by atoms with Crippen LogP contribution in [0.15, 0.2) is 24.3 Å². The summed E-state index contributed by atoms with van der Waals surface area (Å²) in [5.41, 5.74) is 2.51. The first-order chi connectivity index (χ1) is 9.54. The SMILES string of the molecule is Cc1cccc(CCNC(=O)N2CC(C)OC(C)C2)c1. The lowest BCUT2D eigenvalue weighted by Gasteiger charge is -2.35. The van der Waals surface area contributed by atoms with Crippen molar-refractivity contribution in [3.63, 3.8) is 0 Å². The number of nitrogens with one attached hydrogen (secondary N) is 1. The van der Waals surface area contributed by atoms with Crippen LogP contribution in [0.3, 0.4) is 0 Å². The van der Waals surface area contributed by atoms with E-state index in [1.165, 1.54) is 11.1 Å². The summed E-state index contributed by atoms with van der Waals surface area (Å²) in [6.45, 7) is 8.09. The number of benzene rings is 1. The van der Waals surface area contributed by atoms with Crippen molar-refractivity contribution in [3.05, 3.63) is 35.4 Å². The molecule has 110 valence electrons. The lowest BCUT2D eigenvalue weighted by molar-refractivity contribution is -0.0544. The quantitative estimate of drug-likeness (QED) is 0.921. The van der Waals surface area contributed by atoms with Gasteiger partial charge in [-0.2, -0.15) is 0 Å². The largest absolute Gasteiger partial charge is 0.372 e. The van der Waals surface area contributed by atoms with E-state index >= 15 is 0 Å². The monoisotopic (exact) mass is 276 g/mol. The fourth-order valence-electron chi connectivity index (χ4n) is 2.64. The highest BCUT2D eigenvalue weighted by Gasteiger charge is 2.25. The molecule has 0 aliphatic carbocycles. The van der Waals surface area contributed by atoms with E-state index in [1.807, 2.05) is 18.7 Å². The molecule has 0 aromatic heterocycles. The van der Waals surface area contributed by atoms with E-state index in [2.05, 4.69) is 36.5 Å². The predicted octanol–water partition coefficient (Wildman–Crippen LogP) is 2.36. The number of carbonyl (C=O) groups is 1. The molecule has 2 atom stereocenters. The Morgan fingerprint density at radius 2 is 2.05 bits per heavy atom. The molecule has 0 radical (unpaired) electrons. The third-order valence-electron chi connectivity index (χ3n) is 3.48. The Bertz CT molecular complexity index is 452. The van der Waals surface area contributed by atoms with Gasteiger partial charge in [-0.3, -0.25) is 0 Å². The first kappa shape index (κ1) is 14.9. The van der Waals surface area contributed by atoms with Crippen molar-refractivity contribution >= 4 is 6.03 Å². The Balaban J connectivity index is 1.77. The second-order valence-corrected chi connectivity index (χ2v) is 5.63. The van der Waals surface area contributed by atoms with Crippen molar-refractivity contribution in [1.29, 1.82) is 0 Å². The molecule has 0 saturated carbocycles. The number of morpholine rings is 1. The summed E-state index contributed by atoms with van der Waals surface area (Å²) >= 11 is 0. The lowest BCUT2D eigenvalue weighted by Crippen LogP contribution is -2.51. The molecule has 2 amide bonds. The van der Waals surface area contributed by atoms with Crippen LogP contribution in [0.25, 0.3) is 0 Å². The zero-order valence-corrected chi connectivity index (χ0v) is 12.6. The Morgan fingerprint density at radius 1 is 1.35 bits per heavy atom. The molecule has 1 aliphatic rings. The highest BCUT2D eigenvalue weighted by molar-refractivity contribution is 5.74. The number of urea groups is 1. The molecule has 1 aromatic carbocycles.